The Kier molecular flexibility index (Phi) is 6.31. The number of carboxylic acids is 1. The van der Waals surface area contributed by atoms with E-state index in [-0.39, 0.29) is 0 Å². The van der Waals surface area contributed by atoms with Crippen molar-refractivity contribution in [3.05, 3.63) is 22.4 Å². The van der Waals surface area contributed by atoms with Crippen molar-refractivity contribution < 1.29 is 19.4 Å². The number of hydrogen-bond acceptors (Lipinski definition) is 4. The molecule has 1 atom stereocenters. The number of likely N-dealkylation sites (N-methyl/N-ethyl adjacent to an activating group) is 1. The second-order valence-electron chi connectivity index (χ2n) is 3.81. The number of methoxy groups -OCH3 is 1. The summed E-state index contributed by atoms with van der Waals surface area (Å²) in [5, 5.41) is 13.5. The Morgan fingerprint density at radius 2 is 2.32 bits per heavy atom. The molecule has 0 radical (unpaired) electrons. The topological polar surface area (TPSA) is 78.9 Å². The van der Waals surface area contributed by atoms with Crippen LogP contribution in [0.5, 0.6) is 0 Å². The molecule has 0 bridgehead atoms. The molecule has 7 heteroatoms. The van der Waals surface area contributed by atoms with E-state index < -0.39 is 18.0 Å². The molecule has 0 aliphatic carbocycles. The highest BCUT2D eigenvalue weighted by Gasteiger charge is 2.24. The van der Waals surface area contributed by atoms with E-state index in [1.54, 1.807) is 24.6 Å². The fourth-order valence-corrected chi connectivity index (χ4v) is 2.30. The number of carbonyl (C=O) groups excluding carboxylic acids is 1. The summed E-state index contributed by atoms with van der Waals surface area (Å²) < 4.78 is 4.91. The number of rotatable bonds is 7. The Balaban J connectivity index is 2.68. The predicted molar refractivity (Wildman–Crippen MR) is 72.4 cm³/mol. The third-order valence-corrected chi connectivity index (χ3v) is 3.51. The fraction of sp³-hybridized carbons (Fsp3) is 0.500. The van der Waals surface area contributed by atoms with Crippen molar-refractivity contribution in [3.8, 4) is 0 Å². The van der Waals surface area contributed by atoms with Crippen LogP contribution in [-0.4, -0.2) is 48.8 Å². The monoisotopic (exact) mass is 286 g/mol. The summed E-state index contributed by atoms with van der Waals surface area (Å²) in [6.07, 6.45) is 0. The number of amides is 2. The highest BCUT2D eigenvalue weighted by molar-refractivity contribution is 7.10. The van der Waals surface area contributed by atoms with Crippen LogP contribution in [0.3, 0.4) is 0 Å². The van der Waals surface area contributed by atoms with E-state index in [9.17, 15) is 14.7 Å². The normalized spacial score (nSPS) is 11.9. The standard InChI is InChI=1S/C12H18N2O4S/c1-3-14(6-7-18-2)12(17)13-10(11(15)16)9-5-4-8-19-9/h4-5,8,10H,3,6-7H2,1-2H3,(H,13,17)(H,15,16). The van der Waals surface area contributed by atoms with Crippen molar-refractivity contribution in [3.63, 3.8) is 0 Å². The van der Waals surface area contributed by atoms with Gasteiger partial charge in [0.15, 0.2) is 6.04 Å². The number of carbonyl (C=O) groups is 2. The van der Waals surface area contributed by atoms with E-state index in [4.69, 9.17) is 4.74 Å². The van der Waals surface area contributed by atoms with E-state index in [0.29, 0.717) is 24.6 Å². The lowest BCUT2D eigenvalue weighted by Crippen LogP contribution is -2.44. The number of thiophene rings is 1. The highest BCUT2D eigenvalue weighted by Crippen LogP contribution is 2.19. The van der Waals surface area contributed by atoms with Gasteiger partial charge in [-0.15, -0.1) is 11.3 Å². The molecule has 0 saturated heterocycles. The van der Waals surface area contributed by atoms with Crippen LogP contribution in [0.15, 0.2) is 17.5 Å². The molecule has 0 aromatic carbocycles. The number of aliphatic carboxylic acids is 1. The van der Waals surface area contributed by atoms with Crippen molar-refractivity contribution in [2.75, 3.05) is 26.8 Å². The van der Waals surface area contributed by atoms with Gasteiger partial charge in [-0.3, -0.25) is 0 Å². The molecule has 0 spiro atoms. The summed E-state index contributed by atoms with van der Waals surface area (Å²) in [6, 6.07) is 2.03. The smallest absolute Gasteiger partial charge is 0.331 e. The predicted octanol–water partition coefficient (Wildman–Crippen LogP) is 1.55. The van der Waals surface area contributed by atoms with Gasteiger partial charge < -0.3 is 20.1 Å². The van der Waals surface area contributed by atoms with Crippen molar-refractivity contribution >= 4 is 23.3 Å². The molecule has 1 rings (SSSR count). The summed E-state index contributed by atoms with van der Waals surface area (Å²) in [5.41, 5.74) is 0. The minimum absolute atomic E-state index is 0.402. The van der Waals surface area contributed by atoms with Gasteiger partial charge in [-0.1, -0.05) is 6.07 Å². The first kappa shape index (κ1) is 15.5. The van der Waals surface area contributed by atoms with Gasteiger partial charge in [0.1, 0.15) is 0 Å². The lowest BCUT2D eigenvalue weighted by Gasteiger charge is -2.23. The Morgan fingerprint density at radius 1 is 1.58 bits per heavy atom. The summed E-state index contributed by atoms with van der Waals surface area (Å²) in [5.74, 6) is -1.07. The van der Waals surface area contributed by atoms with Gasteiger partial charge in [0.05, 0.1) is 6.61 Å². The van der Waals surface area contributed by atoms with Gasteiger partial charge in [-0.2, -0.15) is 0 Å². The van der Waals surface area contributed by atoms with Gasteiger partial charge in [0.2, 0.25) is 0 Å². The molecule has 1 unspecified atom stereocenters. The van der Waals surface area contributed by atoms with E-state index in [1.807, 2.05) is 6.92 Å². The third kappa shape index (κ3) is 4.53. The second kappa shape index (κ2) is 7.75. The number of hydrogen-bond donors (Lipinski definition) is 2. The largest absolute Gasteiger partial charge is 0.479 e. The lowest BCUT2D eigenvalue weighted by atomic mass is 10.2. The van der Waals surface area contributed by atoms with Crippen molar-refractivity contribution in [1.29, 1.82) is 0 Å². The van der Waals surface area contributed by atoms with Crippen LogP contribution in [0.2, 0.25) is 0 Å². The van der Waals surface area contributed by atoms with Gasteiger partial charge in [0.25, 0.3) is 0 Å². The SMILES string of the molecule is CCN(CCOC)C(=O)NC(C(=O)O)c1cccs1. The molecular weight excluding hydrogens is 268 g/mol. The molecule has 1 aromatic rings. The average Bonchev–Trinajstić information content (AvgIpc) is 2.90. The molecule has 0 aliphatic heterocycles. The molecule has 6 nitrogen and oxygen atoms in total. The lowest BCUT2D eigenvalue weighted by molar-refractivity contribution is -0.139. The van der Waals surface area contributed by atoms with Crippen LogP contribution < -0.4 is 5.32 Å². The van der Waals surface area contributed by atoms with Gasteiger partial charge in [-0.25, -0.2) is 9.59 Å². The van der Waals surface area contributed by atoms with Crippen molar-refractivity contribution in [2.24, 2.45) is 0 Å². The Bertz CT molecular complexity index is 408. The molecule has 2 amide bonds. The minimum Gasteiger partial charge on any atom is -0.479 e. The number of ether oxygens (including phenoxy) is 1. The summed E-state index contributed by atoms with van der Waals surface area (Å²) >= 11 is 1.30. The number of carboxylic acid groups (broad SMARTS) is 1. The Hall–Kier alpha value is -1.60. The molecule has 19 heavy (non-hydrogen) atoms. The molecule has 0 saturated carbocycles. The molecule has 1 aromatic heterocycles. The Labute approximate surface area is 116 Å². The van der Waals surface area contributed by atoms with Crippen LogP contribution in [0.1, 0.15) is 17.8 Å². The second-order valence-corrected chi connectivity index (χ2v) is 4.79. The van der Waals surface area contributed by atoms with Gasteiger partial charge in [0, 0.05) is 25.1 Å². The molecule has 106 valence electrons. The van der Waals surface area contributed by atoms with Crippen molar-refractivity contribution in [2.45, 2.75) is 13.0 Å². The van der Waals surface area contributed by atoms with Gasteiger partial charge >= 0.3 is 12.0 Å². The van der Waals surface area contributed by atoms with E-state index in [0.717, 1.165) is 0 Å². The first-order valence-electron chi connectivity index (χ1n) is 5.90. The summed E-state index contributed by atoms with van der Waals surface area (Å²) in [7, 11) is 1.55. The van der Waals surface area contributed by atoms with Crippen LogP contribution in [0.25, 0.3) is 0 Å². The maximum atomic E-state index is 12.0. The molecule has 0 fully saturated rings. The number of nitrogens with one attached hydrogen (secondary N) is 1. The average molecular weight is 286 g/mol. The van der Waals surface area contributed by atoms with Crippen molar-refractivity contribution in [1.82, 2.24) is 10.2 Å². The zero-order valence-electron chi connectivity index (χ0n) is 11.0. The maximum absolute atomic E-state index is 12.0. The first-order chi connectivity index (χ1) is 9.10. The number of urea groups is 1. The quantitative estimate of drug-likeness (QED) is 0.797. The molecule has 0 aliphatic rings. The molecule has 2 N–H and O–H groups in total. The minimum atomic E-state index is -1.07. The summed E-state index contributed by atoms with van der Waals surface area (Å²) in [4.78, 5) is 25.3. The zero-order chi connectivity index (χ0) is 14.3. The third-order valence-electron chi connectivity index (χ3n) is 2.58. The van der Waals surface area contributed by atoms with E-state index in [1.165, 1.54) is 16.2 Å². The van der Waals surface area contributed by atoms with E-state index in [2.05, 4.69) is 5.32 Å². The molecule has 1 heterocycles. The Morgan fingerprint density at radius 3 is 2.79 bits per heavy atom. The van der Waals surface area contributed by atoms with Crippen LogP contribution in [0, 0.1) is 0 Å². The molecular formula is C12H18N2O4S. The van der Waals surface area contributed by atoms with Crippen LogP contribution >= 0.6 is 11.3 Å². The number of nitrogens with zero attached hydrogens (tertiary/aromatic N) is 1. The maximum Gasteiger partial charge on any atom is 0.331 e. The summed E-state index contributed by atoms with van der Waals surface area (Å²) in [6.45, 7) is 3.16. The van der Waals surface area contributed by atoms with Gasteiger partial charge in [-0.05, 0) is 18.4 Å². The van der Waals surface area contributed by atoms with Crippen LogP contribution in [0.4, 0.5) is 4.79 Å². The fourth-order valence-electron chi connectivity index (χ4n) is 1.53. The van der Waals surface area contributed by atoms with E-state index >= 15 is 0 Å². The zero-order valence-corrected chi connectivity index (χ0v) is 11.8. The first-order valence-corrected chi connectivity index (χ1v) is 6.78. The highest BCUT2D eigenvalue weighted by atomic mass is 32.1. The van der Waals surface area contributed by atoms with Crippen LogP contribution in [-0.2, 0) is 9.53 Å².